The zero-order chi connectivity index (χ0) is 9.72. The first-order chi connectivity index (χ1) is 5.43. The Balaban J connectivity index is 4.23. The number of rotatable bonds is 4. The molecule has 0 unspecified atom stereocenters. The van der Waals surface area contributed by atoms with E-state index in [1.807, 2.05) is 11.8 Å². The predicted molar refractivity (Wildman–Crippen MR) is 60.5 cm³/mol. The van der Waals surface area contributed by atoms with E-state index in [4.69, 9.17) is 0 Å². The van der Waals surface area contributed by atoms with Crippen molar-refractivity contribution < 1.29 is 0 Å². The van der Waals surface area contributed by atoms with Crippen LogP contribution in [0.4, 0.5) is 0 Å². The highest BCUT2D eigenvalue weighted by Gasteiger charge is 2.06. The van der Waals surface area contributed by atoms with E-state index >= 15 is 0 Å². The molecule has 12 heavy (non-hydrogen) atoms. The van der Waals surface area contributed by atoms with Crippen molar-refractivity contribution in [2.75, 3.05) is 0 Å². The molecule has 0 spiro atoms. The molecule has 0 fully saturated rings. The largest absolute Gasteiger partial charge is 0.128 e. The molecule has 0 saturated carbocycles. The average molecular weight is 186 g/mol. The molecule has 0 heterocycles. The average Bonchev–Trinajstić information content (AvgIpc) is 1.83. The minimum absolute atomic E-state index is 0.675. The van der Waals surface area contributed by atoms with Crippen LogP contribution in [0.1, 0.15) is 41.5 Å². The topological polar surface area (TPSA) is 0 Å². The Morgan fingerprint density at radius 2 is 1.50 bits per heavy atom. The van der Waals surface area contributed by atoms with E-state index < -0.39 is 0 Å². The van der Waals surface area contributed by atoms with Gasteiger partial charge in [0.25, 0.3) is 0 Å². The van der Waals surface area contributed by atoms with E-state index in [0.29, 0.717) is 17.1 Å². The van der Waals surface area contributed by atoms with E-state index in [0.717, 1.165) is 0 Å². The van der Waals surface area contributed by atoms with Crippen molar-refractivity contribution in [3.63, 3.8) is 0 Å². The Morgan fingerprint density at radius 1 is 1.00 bits per heavy atom. The van der Waals surface area contributed by atoms with Crippen LogP contribution in [0.15, 0.2) is 11.0 Å². The zero-order valence-electron chi connectivity index (χ0n) is 9.22. The lowest BCUT2D eigenvalue weighted by Crippen LogP contribution is -1.97. The van der Waals surface area contributed by atoms with Crippen LogP contribution < -0.4 is 0 Å². The Labute approximate surface area is 81.8 Å². The van der Waals surface area contributed by atoms with Gasteiger partial charge in [0, 0.05) is 5.25 Å². The minimum atomic E-state index is 0.675. The number of thioether (sulfide) groups is 1. The molecule has 0 aromatic rings. The molecular weight excluding hydrogens is 164 g/mol. The number of hydrogen-bond acceptors (Lipinski definition) is 1. The van der Waals surface area contributed by atoms with Gasteiger partial charge < -0.3 is 0 Å². The van der Waals surface area contributed by atoms with Gasteiger partial charge in [-0.1, -0.05) is 47.6 Å². The van der Waals surface area contributed by atoms with Crippen LogP contribution >= 0.6 is 11.8 Å². The molecule has 0 aromatic carbocycles. The summed E-state index contributed by atoms with van der Waals surface area (Å²) < 4.78 is 0. The molecule has 0 saturated heterocycles. The smallest absolute Gasteiger partial charge is 0.00345 e. The van der Waals surface area contributed by atoms with E-state index in [-0.39, 0.29) is 0 Å². The highest BCUT2D eigenvalue weighted by Crippen LogP contribution is 2.28. The van der Waals surface area contributed by atoms with E-state index in [2.05, 4.69) is 47.6 Å². The van der Waals surface area contributed by atoms with Crippen LogP contribution in [-0.4, -0.2) is 5.25 Å². The fraction of sp³-hybridized carbons (Fsp3) is 0.818. The van der Waals surface area contributed by atoms with Crippen LogP contribution in [-0.2, 0) is 0 Å². The Bertz CT molecular complexity index is 143. The summed E-state index contributed by atoms with van der Waals surface area (Å²) in [6.45, 7) is 13.5. The molecule has 72 valence electrons. The summed E-state index contributed by atoms with van der Waals surface area (Å²) in [6, 6.07) is 0. The maximum Gasteiger partial charge on any atom is 0.00345 e. The van der Waals surface area contributed by atoms with Gasteiger partial charge in [-0.25, -0.2) is 0 Å². The van der Waals surface area contributed by atoms with Gasteiger partial charge in [-0.2, -0.15) is 0 Å². The Hall–Kier alpha value is 0.0900. The van der Waals surface area contributed by atoms with Gasteiger partial charge >= 0.3 is 0 Å². The van der Waals surface area contributed by atoms with Gasteiger partial charge in [-0.3, -0.25) is 0 Å². The number of hydrogen-bond donors (Lipinski definition) is 0. The molecule has 0 rings (SSSR count). The van der Waals surface area contributed by atoms with Gasteiger partial charge in [0.2, 0.25) is 0 Å². The Morgan fingerprint density at radius 3 is 1.75 bits per heavy atom. The number of allylic oxidation sites excluding steroid dienone is 2. The predicted octanol–water partition coefficient (Wildman–Crippen LogP) is 4.32. The third kappa shape index (κ3) is 5.70. The lowest BCUT2D eigenvalue weighted by molar-refractivity contribution is 0.768. The van der Waals surface area contributed by atoms with Gasteiger partial charge in [0.15, 0.2) is 0 Å². The molecule has 0 atom stereocenters. The van der Waals surface area contributed by atoms with Crippen LogP contribution in [0.2, 0.25) is 0 Å². The third-order valence-corrected chi connectivity index (χ3v) is 2.79. The SMILES string of the molecule is CC(C)/C=C(/SC(C)C)C(C)C. The summed E-state index contributed by atoms with van der Waals surface area (Å²) in [5.41, 5.74) is 0. The van der Waals surface area contributed by atoms with Crippen LogP contribution in [0.25, 0.3) is 0 Å². The van der Waals surface area contributed by atoms with E-state index in [9.17, 15) is 0 Å². The van der Waals surface area contributed by atoms with Gasteiger partial charge in [0.05, 0.1) is 0 Å². The maximum absolute atomic E-state index is 2.38. The summed E-state index contributed by atoms with van der Waals surface area (Å²) in [4.78, 5) is 1.54. The van der Waals surface area contributed by atoms with E-state index in [1.165, 1.54) is 0 Å². The second-order valence-electron chi connectivity index (χ2n) is 4.13. The molecule has 0 N–H and O–H groups in total. The second-order valence-corrected chi connectivity index (χ2v) is 5.78. The first kappa shape index (κ1) is 12.1. The fourth-order valence-corrected chi connectivity index (χ4v) is 2.14. The van der Waals surface area contributed by atoms with Crippen molar-refractivity contribution in [1.82, 2.24) is 0 Å². The molecule has 0 amide bonds. The van der Waals surface area contributed by atoms with Gasteiger partial charge in [0.1, 0.15) is 0 Å². The summed E-state index contributed by atoms with van der Waals surface area (Å²) in [5, 5.41) is 0.706. The second kappa shape index (κ2) is 5.69. The van der Waals surface area contributed by atoms with Crippen molar-refractivity contribution in [1.29, 1.82) is 0 Å². The molecule has 0 nitrogen and oxygen atoms in total. The van der Waals surface area contributed by atoms with Crippen molar-refractivity contribution >= 4 is 11.8 Å². The van der Waals surface area contributed by atoms with Gasteiger partial charge in [-0.15, -0.1) is 11.8 Å². The molecule has 0 bridgehead atoms. The first-order valence-corrected chi connectivity index (χ1v) is 5.69. The highest BCUT2D eigenvalue weighted by atomic mass is 32.2. The normalized spacial score (nSPS) is 13.6. The lowest BCUT2D eigenvalue weighted by Gasteiger charge is -2.14. The van der Waals surface area contributed by atoms with E-state index in [1.54, 1.807) is 4.91 Å². The maximum atomic E-state index is 2.38. The summed E-state index contributed by atoms with van der Waals surface area (Å²) >= 11 is 2.00. The molecular formula is C11H22S. The zero-order valence-corrected chi connectivity index (χ0v) is 10.0. The summed E-state index contributed by atoms with van der Waals surface area (Å²) in [6.07, 6.45) is 2.38. The van der Waals surface area contributed by atoms with Gasteiger partial charge in [-0.05, 0) is 16.7 Å². The quantitative estimate of drug-likeness (QED) is 0.630. The van der Waals surface area contributed by atoms with Crippen molar-refractivity contribution in [2.24, 2.45) is 11.8 Å². The van der Waals surface area contributed by atoms with Crippen molar-refractivity contribution in [3.8, 4) is 0 Å². The molecule has 0 radical (unpaired) electrons. The molecule has 0 aliphatic heterocycles. The Kier molecular flexibility index (Phi) is 5.73. The minimum Gasteiger partial charge on any atom is -0.128 e. The lowest BCUT2D eigenvalue weighted by atomic mass is 10.1. The third-order valence-electron chi connectivity index (χ3n) is 1.44. The molecule has 1 heteroatoms. The van der Waals surface area contributed by atoms with Crippen LogP contribution in [0.5, 0.6) is 0 Å². The van der Waals surface area contributed by atoms with Crippen molar-refractivity contribution in [3.05, 3.63) is 11.0 Å². The summed E-state index contributed by atoms with van der Waals surface area (Å²) in [7, 11) is 0. The first-order valence-electron chi connectivity index (χ1n) is 4.81. The monoisotopic (exact) mass is 186 g/mol. The fourth-order valence-electron chi connectivity index (χ4n) is 0.969. The molecule has 0 aromatic heterocycles. The van der Waals surface area contributed by atoms with Crippen molar-refractivity contribution in [2.45, 2.75) is 46.8 Å². The summed E-state index contributed by atoms with van der Waals surface area (Å²) in [5.74, 6) is 1.36. The van der Waals surface area contributed by atoms with Crippen LogP contribution in [0.3, 0.4) is 0 Å². The molecule has 0 aliphatic carbocycles. The standard InChI is InChI=1S/C11H22S/c1-8(2)7-11(9(3)4)12-10(5)6/h7-10H,1-6H3/b11-7+. The highest BCUT2D eigenvalue weighted by molar-refractivity contribution is 8.03. The van der Waals surface area contributed by atoms with Crippen LogP contribution in [0, 0.1) is 11.8 Å². The molecule has 0 aliphatic rings.